The second-order valence-corrected chi connectivity index (χ2v) is 6.34. The van der Waals surface area contributed by atoms with Crippen LogP contribution in [0, 0.1) is 0 Å². The van der Waals surface area contributed by atoms with Gasteiger partial charge in [0.05, 0.1) is 0 Å². The summed E-state index contributed by atoms with van der Waals surface area (Å²) >= 11 is 5.94. The molecule has 0 aliphatic carbocycles. The molecule has 0 spiro atoms. The van der Waals surface area contributed by atoms with Crippen LogP contribution < -0.4 is 5.32 Å². The predicted molar refractivity (Wildman–Crippen MR) is 100 cm³/mol. The minimum atomic E-state index is -0.0543. The summed E-state index contributed by atoms with van der Waals surface area (Å²) < 4.78 is 0. The fourth-order valence-electron chi connectivity index (χ4n) is 2.52. The minimum absolute atomic E-state index is 0.0319. The van der Waals surface area contributed by atoms with Crippen molar-refractivity contribution in [2.75, 3.05) is 13.1 Å². The van der Waals surface area contributed by atoms with Crippen molar-refractivity contribution in [3.63, 3.8) is 0 Å². The first-order valence-electron chi connectivity index (χ1n) is 8.35. The van der Waals surface area contributed by atoms with E-state index in [9.17, 15) is 9.59 Å². The molecule has 0 saturated heterocycles. The molecule has 0 heterocycles. The zero-order valence-corrected chi connectivity index (χ0v) is 15.1. The molecule has 0 saturated carbocycles. The van der Waals surface area contributed by atoms with Crippen LogP contribution in [-0.2, 0) is 22.6 Å². The van der Waals surface area contributed by atoms with Gasteiger partial charge in [-0.2, -0.15) is 0 Å². The van der Waals surface area contributed by atoms with E-state index in [0.717, 1.165) is 17.5 Å². The molecule has 1 N–H and O–H groups in total. The summed E-state index contributed by atoms with van der Waals surface area (Å²) in [7, 11) is 0. The molecule has 0 aliphatic heterocycles. The van der Waals surface area contributed by atoms with E-state index >= 15 is 0 Å². The summed E-state index contributed by atoms with van der Waals surface area (Å²) in [6.07, 6.45) is 1.02. The Kier molecular flexibility index (Phi) is 7.48. The Bertz CT molecular complexity index is 704. The molecule has 2 aromatic rings. The van der Waals surface area contributed by atoms with E-state index in [1.165, 1.54) is 6.92 Å². The smallest absolute Gasteiger partial charge is 0.221 e. The Balaban J connectivity index is 1.74. The molecule has 25 heavy (non-hydrogen) atoms. The highest BCUT2D eigenvalue weighted by atomic mass is 35.5. The van der Waals surface area contributed by atoms with Crippen molar-refractivity contribution in [3.05, 3.63) is 70.7 Å². The van der Waals surface area contributed by atoms with E-state index in [1.54, 1.807) is 4.90 Å². The van der Waals surface area contributed by atoms with Gasteiger partial charge in [0.25, 0.3) is 0 Å². The minimum Gasteiger partial charge on any atom is -0.356 e. The van der Waals surface area contributed by atoms with Crippen LogP contribution >= 0.6 is 11.6 Å². The summed E-state index contributed by atoms with van der Waals surface area (Å²) in [5, 5.41) is 3.58. The third-order valence-electron chi connectivity index (χ3n) is 3.90. The fourth-order valence-corrected chi connectivity index (χ4v) is 2.73. The van der Waals surface area contributed by atoms with Crippen LogP contribution in [0.3, 0.4) is 0 Å². The number of amides is 2. The molecule has 4 nitrogen and oxygen atoms in total. The number of carbonyl (C=O) groups is 2. The van der Waals surface area contributed by atoms with Crippen LogP contribution in [0.1, 0.15) is 24.5 Å². The van der Waals surface area contributed by atoms with Gasteiger partial charge in [-0.25, -0.2) is 0 Å². The average molecular weight is 359 g/mol. The van der Waals surface area contributed by atoms with Gasteiger partial charge in [-0.1, -0.05) is 54.1 Å². The van der Waals surface area contributed by atoms with Crippen molar-refractivity contribution in [1.29, 1.82) is 0 Å². The van der Waals surface area contributed by atoms with Crippen LogP contribution in [-0.4, -0.2) is 29.8 Å². The van der Waals surface area contributed by atoms with Crippen molar-refractivity contribution in [2.24, 2.45) is 0 Å². The first-order chi connectivity index (χ1) is 12.0. The van der Waals surface area contributed by atoms with Crippen LogP contribution in [0.4, 0.5) is 0 Å². The largest absolute Gasteiger partial charge is 0.356 e. The summed E-state index contributed by atoms with van der Waals surface area (Å²) in [6, 6.07) is 17.4. The zero-order chi connectivity index (χ0) is 18.1. The van der Waals surface area contributed by atoms with Gasteiger partial charge in [-0.05, 0) is 29.7 Å². The second-order valence-electron chi connectivity index (χ2n) is 5.91. The lowest BCUT2D eigenvalue weighted by Crippen LogP contribution is -2.34. The van der Waals surface area contributed by atoms with Crippen LogP contribution in [0.15, 0.2) is 54.6 Å². The van der Waals surface area contributed by atoms with Crippen LogP contribution in [0.5, 0.6) is 0 Å². The van der Waals surface area contributed by atoms with Gasteiger partial charge in [0.2, 0.25) is 11.8 Å². The van der Waals surface area contributed by atoms with E-state index in [4.69, 9.17) is 11.6 Å². The van der Waals surface area contributed by atoms with E-state index in [2.05, 4.69) is 5.32 Å². The standard InChI is InChI=1S/C20H23ClN2O2/c1-16(24)23(15-18-6-3-2-4-7-18)13-11-20(25)22-12-10-17-8-5-9-19(21)14-17/h2-9,14H,10-13,15H2,1H3,(H,22,25). The molecular formula is C20H23ClN2O2. The summed E-state index contributed by atoms with van der Waals surface area (Å²) in [5.41, 5.74) is 2.14. The van der Waals surface area contributed by atoms with Gasteiger partial charge in [0.1, 0.15) is 0 Å². The van der Waals surface area contributed by atoms with Gasteiger partial charge < -0.3 is 10.2 Å². The maximum atomic E-state index is 12.0. The van der Waals surface area contributed by atoms with Gasteiger partial charge in [-0.3, -0.25) is 9.59 Å². The number of carbonyl (C=O) groups excluding carboxylic acids is 2. The van der Waals surface area contributed by atoms with Crippen molar-refractivity contribution < 1.29 is 9.59 Å². The molecule has 0 atom stereocenters. The maximum Gasteiger partial charge on any atom is 0.221 e. The van der Waals surface area contributed by atoms with Gasteiger partial charge >= 0.3 is 0 Å². The Morgan fingerprint density at radius 2 is 1.76 bits per heavy atom. The fraction of sp³-hybridized carbons (Fsp3) is 0.300. The first-order valence-corrected chi connectivity index (χ1v) is 8.73. The maximum absolute atomic E-state index is 12.0. The van der Waals surface area contributed by atoms with Crippen molar-refractivity contribution in [1.82, 2.24) is 10.2 Å². The topological polar surface area (TPSA) is 49.4 Å². The Morgan fingerprint density at radius 1 is 1.04 bits per heavy atom. The summed E-state index contributed by atoms with van der Waals surface area (Å²) in [6.45, 7) is 3.01. The number of benzene rings is 2. The molecule has 0 radical (unpaired) electrons. The average Bonchev–Trinajstić information content (AvgIpc) is 2.59. The molecule has 0 aliphatic rings. The SMILES string of the molecule is CC(=O)N(CCC(=O)NCCc1cccc(Cl)c1)Cc1ccccc1. The highest BCUT2D eigenvalue weighted by molar-refractivity contribution is 6.30. The number of rotatable bonds is 8. The quantitative estimate of drug-likeness (QED) is 0.785. The lowest BCUT2D eigenvalue weighted by atomic mass is 10.1. The van der Waals surface area contributed by atoms with Crippen LogP contribution in [0.25, 0.3) is 0 Å². The molecular weight excluding hydrogens is 336 g/mol. The van der Waals surface area contributed by atoms with Gasteiger partial charge in [-0.15, -0.1) is 0 Å². The number of hydrogen-bond donors (Lipinski definition) is 1. The van der Waals surface area contributed by atoms with Crippen LogP contribution in [0.2, 0.25) is 5.02 Å². The Hall–Kier alpha value is -2.33. The molecule has 2 aromatic carbocycles. The highest BCUT2D eigenvalue weighted by Crippen LogP contribution is 2.10. The molecule has 0 aromatic heterocycles. The zero-order valence-electron chi connectivity index (χ0n) is 14.4. The number of nitrogens with zero attached hydrogens (tertiary/aromatic N) is 1. The van der Waals surface area contributed by atoms with Crippen molar-refractivity contribution in [3.8, 4) is 0 Å². The third kappa shape index (κ3) is 6.98. The molecule has 2 rings (SSSR count). The second kappa shape index (κ2) is 9.84. The summed E-state index contributed by atoms with van der Waals surface area (Å²) in [4.78, 5) is 25.5. The number of nitrogens with one attached hydrogen (secondary N) is 1. The predicted octanol–water partition coefficient (Wildman–Crippen LogP) is 3.44. The highest BCUT2D eigenvalue weighted by Gasteiger charge is 2.11. The Morgan fingerprint density at radius 3 is 2.44 bits per heavy atom. The van der Waals surface area contributed by atoms with E-state index in [1.807, 2.05) is 54.6 Å². The third-order valence-corrected chi connectivity index (χ3v) is 4.13. The van der Waals surface area contributed by atoms with Crippen molar-refractivity contribution >= 4 is 23.4 Å². The van der Waals surface area contributed by atoms with Crippen molar-refractivity contribution in [2.45, 2.75) is 26.3 Å². The molecule has 5 heteroatoms. The Labute approximate surface area is 153 Å². The molecule has 0 unspecified atom stereocenters. The molecule has 132 valence electrons. The van der Waals surface area contributed by atoms with Gasteiger partial charge in [0.15, 0.2) is 0 Å². The lowest BCUT2D eigenvalue weighted by Gasteiger charge is -2.21. The first kappa shape index (κ1) is 19.0. The molecule has 0 fully saturated rings. The number of halogens is 1. The summed E-state index contributed by atoms with van der Waals surface area (Å²) in [5.74, 6) is -0.0862. The normalized spacial score (nSPS) is 10.3. The van der Waals surface area contributed by atoms with E-state index in [0.29, 0.717) is 31.1 Å². The lowest BCUT2D eigenvalue weighted by molar-refractivity contribution is -0.130. The van der Waals surface area contributed by atoms with E-state index < -0.39 is 0 Å². The van der Waals surface area contributed by atoms with E-state index in [-0.39, 0.29) is 11.8 Å². The number of hydrogen-bond acceptors (Lipinski definition) is 2. The van der Waals surface area contributed by atoms with Gasteiger partial charge in [0, 0.05) is 38.0 Å². The molecule has 0 bridgehead atoms. The molecule has 2 amide bonds. The monoisotopic (exact) mass is 358 g/mol.